The van der Waals surface area contributed by atoms with Crippen molar-refractivity contribution in [3.63, 3.8) is 0 Å². The predicted molar refractivity (Wildman–Crippen MR) is 80.8 cm³/mol. The van der Waals surface area contributed by atoms with Gasteiger partial charge < -0.3 is 11.1 Å². The van der Waals surface area contributed by atoms with Gasteiger partial charge >= 0.3 is 0 Å². The summed E-state index contributed by atoms with van der Waals surface area (Å²) in [5.74, 6) is -0.0762. The predicted octanol–water partition coefficient (Wildman–Crippen LogP) is 2.84. The van der Waals surface area contributed by atoms with Crippen molar-refractivity contribution in [3.8, 4) is 0 Å². The molecule has 1 fully saturated rings. The van der Waals surface area contributed by atoms with Crippen LogP contribution in [-0.2, 0) is 4.79 Å². The van der Waals surface area contributed by atoms with Crippen LogP contribution in [0.3, 0.4) is 0 Å². The fourth-order valence-electron chi connectivity index (χ4n) is 2.11. The van der Waals surface area contributed by atoms with Gasteiger partial charge in [-0.3, -0.25) is 4.79 Å². The summed E-state index contributed by atoms with van der Waals surface area (Å²) in [6.07, 6.45) is 4.60. The summed E-state index contributed by atoms with van der Waals surface area (Å²) in [7, 11) is 0. The minimum atomic E-state index is -0.660. The molecule has 0 atom stereocenters. The smallest absolute Gasteiger partial charge is 0.244 e. The second-order valence-corrected chi connectivity index (χ2v) is 6.91. The van der Waals surface area contributed by atoms with Gasteiger partial charge in [0.15, 0.2) is 4.34 Å². The number of carbonyl (C=O) groups excluding carboxylic acids is 1. The average Bonchev–Trinajstić information content (AvgIpc) is 2.78. The Morgan fingerprint density at radius 3 is 2.95 bits per heavy atom. The minimum absolute atomic E-state index is 0.0762. The first-order valence-electron chi connectivity index (χ1n) is 6.16. The molecule has 1 aromatic heterocycles. The molecule has 1 saturated carbocycles. The van der Waals surface area contributed by atoms with Gasteiger partial charge in [-0.05, 0) is 43.7 Å². The molecule has 19 heavy (non-hydrogen) atoms. The van der Waals surface area contributed by atoms with Crippen molar-refractivity contribution in [2.24, 2.45) is 5.73 Å². The van der Waals surface area contributed by atoms with Gasteiger partial charge in [-0.2, -0.15) is 0 Å². The van der Waals surface area contributed by atoms with Crippen LogP contribution in [0.25, 0.3) is 10.2 Å². The highest BCUT2D eigenvalue weighted by molar-refractivity contribution is 8.00. The van der Waals surface area contributed by atoms with Gasteiger partial charge in [0.1, 0.15) is 0 Å². The Balaban J connectivity index is 1.83. The summed E-state index contributed by atoms with van der Waals surface area (Å²) in [6, 6.07) is 5.78. The molecule has 6 heteroatoms. The minimum Gasteiger partial charge on any atom is -0.324 e. The molecule has 0 bridgehead atoms. The summed E-state index contributed by atoms with van der Waals surface area (Å²) in [5.41, 5.74) is 7.12. The van der Waals surface area contributed by atoms with Gasteiger partial charge in [-0.25, -0.2) is 4.98 Å². The normalized spacial score (nSPS) is 17.2. The maximum atomic E-state index is 12.1. The number of amides is 1. The van der Waals surface area contributed by atoms with E-state index in [0.717, 1.165) is 39.5 Å². The van der Waals surface area contributed by atoms with Crippen molar-refractivity contribution in [3.05, 3.63) is 18.2 Å². The van der Waals surface area contributed by atoms with Crippen molar-refractivity contribution in [1.29, 1.82) is 0 Å². The molecule has 0 radical (unpaired) electrons. The molecule has 100 valence electrons. The summed E-state index contributed by atoms with van der Waals surface area (Å²) in [4.78, 5) is 16.5. The van der Waals surface area contributed by atoms with E-state index in [9.17, 15) is 4.79 Å². The number of rotatable bonds is 3. The third kappa shape index (κ3) is 2.35. The van der Waals surface area contributed by atoms with Crippen LogP contribution in [0.2, 0.25) is 0 Å². The number of nitrogens with one attached hydrogen (secondary N) is 1. The number of hydrogen-bond donors (Lipinski definition) is 2. The molecule has 4 nitrogen and oxygen atoms in total. The van der Waals surface area contributed by atoms with Crippen molar-refractivity contribution < 1.29 is 4.79 Å². The van der Waals surface area contributed by atoms with Gasteiger partial charge in [-0.15, -0.1) is 11.3 Å². The first-order chi connectivity index (χ1) is 9.10. The van der Waals surface area contributed by atoms with Crippen LogP contribution < -0.4 is 11.1 Å². The number of benzene rings is 1. The highest BCUT2D eigenvalue weighted by Crippen LogP contribution is 2.32. The lowest BCUT2D eigenvalue weighted by Gasteiger charge is -2.36. The zero-order valence-corrected chi connectivity index (χ0v) is 12.2. The second kappa shape index (κ2) is 4.77. The second-order valence-electron chi connectivity index (χ2n) is 4.83. The van der Waals surface area contributed by atoms with Crippen molar-refractivity contribution >= 4 is 44.9 Å². The lowest BCUT2D eigenvalue weighted by atomic mass is 9.77. The molecule has 0 aliphatic heterocycles. The van der Waals surface area contributed by atoms with E-state index in [0.29, 0.717) is 0 Å². The molecule has 0 spiro atoms. The Morgan fingerprint density at radius 2 is 2.32 bits per heavy atom. The number of nitrogens with two attached hydrogens (primary N) is 1. The summed E-state index contributed by atoms with van der Waals surface area (Å²) < 4.78 is 2.12. The topological polar surface area (TPSA) is 68.0 Å². The van der Waals surface area contributed by atoms with Crippen LogP contribution in [0.1, 0.15) is 19.3 Å². The SMILES string of the molecule is CSc1nc2ccc(NC(=O)C3(N)CCC3)cc2s1. The van der Waals surface area contributed by atoms with E-state index in [1.807, 2.05) is 24.5 Å². The molecule has 1 aliphatic rings. The van der Waals surface area contributed by atoms with E-state index in [1.165, 1.54) is 0 Å². The molecule has 3 N–H and O–H groups in total. The number of nitrogens with zero attached hydrogens (tertiary/aromatic N) is 1. The number of hydrogen-bond acceptors (Lipinski definition) is 5. The standard InChI is InChI=1S/C13H15N3OS2/c1-18-12-16-9-4-3-8(7-10(9)19-12)15-11(17)13(14)5-2-6-13/h3-4,7H,2,5-6,14H2,1H3,(H,15,17). The fraction of sp³-hybridized carbons (Fsp3) is 0.385. The van der Waals surface area contributed by atoms with Gasteiger partial charge in [0.25, 0.3) is 0 Å². The van der Waals surface area contributed by atoms with E-state index in [4.69, 9.17) is 5.73 Å². The number of fused-ring (bicyclic) bond motifs is 1. The lowest BCUT2D eigenvalue weighted by Crippen LogP contribution is -2.56. The van der Waals surface area contributed by atoms with E-state index < -0.39 is 5.54 Å². The number of carbonyl (C=O) groups is 1. The van der Waals surface area contributed by atoms with Crippen molar-refractivity contribution in [1.82, 2.24) is 4.98 Å². The van der Waals surface area contributed by atoms with Gasteiger partial charge in [0.2, 0.25) is 5.91 Å². The largest absolute Gasteiger partial charge is 0.324 e. The van der Waals surface area contributed by atoms with Crippen LogP contribution in [0.4, 0.5) is 5.69 Å². The monoisotopic (exact) mass is 293 g/mol. The third-order valence-corrected chi connectivity index (χ3v) is 5.50. The maximum absolute atomic E-state index is 12.1. The molecule has 1 aromatic carbocycles. The van der Waals surface area contributed by atoms with Crippen LogP contribution in [0.5, 0.6) is 0 Å². The molecule has 3 rings (SSSR count). The Kier molecular flexibility index (Phi) is 3.24. The molecular weight excluding hydrogens is 278 g/mol. The maximum Gasteiger partial charge on any atom is 0.244 e. The molecule has 0 saturated heterocycles. The van der Waals surface area contributed by atoms with Gasteiger partial charge in [0.05, 0.1) is 15.8 Å². The quantitative estimate of drug-likeness (QED) is 0.854. The number of thiazole rings is 1. The first-order valence-corrected chi connectivity index (χ1v) is 8.20. The molecular formula is C13H15N3OS2. The fourth-order valence-corrected chi connectivity index (χ4v) is 3.64. The highest BCUT2D eigenvalue weighted by Gasteiger charge is 2.40. The van der Waals surface area contributed by atoms with E-state index in [1.54, 1.807) is 23.1 Å². The van der Waals surface area contributed by atoms with Crippen molar-refractivity contribution in [2.45, 2.75) is 29.1 Å². The number of aromatic nitrogens is 1. The molecule has 1 heterocycles. The zero-order chi connectivity index (χ0) is 13.5. The van der Waals surface area contributed by atoms with Crippen molar-refractivity contribution in [2.75, 3.05) is 11.6 Å². The van der Waals surface area contributed by atoms with E-state index in [-0.39, 0.29) is 5.91 Å². The first kappa shape index (κ1) is 12.9. The third-order valence-electron chi connectivity index (χ3n) is 3.50. The number of thioether (sulfide) groups is 1. The Labute approximate surface area is 119 Å². The highest BCUT2D eigenvalue weighted by atomic mass is 32.2. The molecule has 0 unspecified atom stereocenters. The number of anilines is 1. The van der Waals surface area contributed by atoms with E-state index in [2.05, 4.69) is 10.3 Å². The lowest BCUT2D eigenvalue weighted by molar-refractivity contribution is -0.123. The van der Waals surface area contributed by atoms with Crippen LogP contribution in [0.15, 0.2) is 22.5 Å². The summed E-state index contributed by atoms with van der Waals surface area (Å²) in [6.45, 7) is 0. The Bertz CT molecular complexity index is 634. The Hall–Kier alpha value is -1.11. The molecule has 2 aromatic rings. The van der Waals surface area contributed by atoms with E-state index >= 15 is 0 Å². The average molecular weight is 293 g/mol. The van der Waals surface area contributed by atoms with Crippen LogP contribution in [-0.4, -0.2) is 22.7 Å². The van der Waals surface area contributed by atoms with Crippen LogP contribution in [0, 0.1) is 0 Å². The van der Waals surface area contributed by atoms with Crippen LogP contribution >= 0.6 is 23.1 Å². The van der Waals surface area contributed by atoms with Gasteiger partial charge in [0, 0.05) is 5.69 Å². The zero-order valence-electron chi connectivity index (χ0n) is 10.6. The molecule has 1 amide bonds. The summed E-state index contributed by atoms with van der Waals surface area (Å²) >= 11 is 3.27. The van der Waals surface area contributed by atoms with Gasteiger partial charge in [-0.1, -0.05) is 11.8 Å². The summed E-state index contributed by atoms with van der Waals surface area (Å²) in [5, 5.41) is 2.91. The Morgan fingerprint density at radius 1 is 1.53 bits per heavy atom. The molecule has 1 aliphatic carbocycles.